The lowest BCUT2D eigenvalue weighted by Gasteiger charge is -2.18. The van der Waals surface area contributed by atoms with Crippen LogP contribution in [0.4, 0.5) is 0 Å². The Morgan fingerprint density at radius 2 is 0.756 bits per heavy atom. The van der Waals surface area contributed by atoms with E-state index in [0.29, 0.717) is 0 Å². The van der Waals surface area contributed by atoms with Crippen LogP contribution < -0.4 is 0 Å². The van der Waals surface area contributed by atoms with E-state index in [2.05, 4.69) is 151 Å². The standard InChI is InChI=1S/C40H25N/c1-2-10-26-21-29(18-17-25(26)9-1)39-32-13-5-7-15-34(32)40(35-16-8-6-14-33(35)39)30-19-20-31-36-22-27-11-3-4-12-28(27)23-38(36)41-37(31)24-30/h1-24,41H. The van der Waals surface area contributed by atoms with E-state index in [0.717, 1.165) is 0 Å². The minimum Gasteiger partial charge on any atom is -0.354 e. The van der Waals surface area contributed by atoms with Gasteiger partial charge in [-0.1, -0.05) is 121 Å². The van der Waals surface area contributed by atoms with Crippen molar-refractivity contribution < 1.29 is 0 Å². The average molecular weight is 520 g/mol. The number of benzene rings is 8. The van der Waals surface area contributed by atoms with E-state index in [1.54, 1.807) is 0 Å². The van der Waals surface area contributed by atoms with Crippen LogP contribution in [0.15, 0.2) is 146 Å². The second-order valence-corrected chi connectivity index (χ2v) is 11.0. The Labute approximate surface area is 237 Å². The first kappa shape index (κ1) is 22.4. The first-order chi connectivity index (χ1) is 20.3. The molecule has 0 fully saturated rings. The van der Waals surface area contributed by atoms with Gasteiger partial charge in [-0.05, 0) is 89.6 Å². The second-order valence-electron chi connectivity index (χ2n) is 11.0. The predicted octanol–water partition coefficient (Wildman–Crippen LogP) is 11.3. The molecule has 9 rings (SSSR count). The topological polar surface area (TPSA) is 15.8 Å². The first-order valence-electron chi connectivity index (χ1n) is 14.2. The van der Waals surface area contributed by atoms with Gasteiger partial charge in [0, 0.05) is 21.8 Å². The van der Waals surface area contributed by atoms with E-state index >= 15 is 0 Å². The first-order valence-corrected chi connectivity index (χ1v) is 14.2. The molecule has 0 amide bonds. The fourth-order valence-corrected chi connectivity index (χ4v) is 6.84. The molecule has 0 spiro atoms. The van der Waals surface area contributed by atoms with Crippen LogP contribution in [0.3, 0.4) is 0 Å². The van der Waals surface area contributed by atoms with Crippen LogP contribution in [-0.2, 0) is 0 Å². The number of fused-ring (bicyclic) bond motifs is 7. The SMILES string of the molecule is c1ccc2cc(-c3c4ccccc4c(-c4ccc5c(c4)[nH]c4cc6ccccc6cc45)c4ccccc34)ccc2c1. The van der Waals surface area contributed by atoms with Gasteiger partial charge in [-0.15, -0.1) is 0 Å². The zero-order valence-electron chi connectivity index (χ0n) is 22.4. The molecule has 0 aliphatic heterocycles. The van der Waals surface area contributed by atoms with Gasteiger partial charge in [0.15, 0.2) is 0 Å². The Hall–Kier alpha value is -5.40. The molecule has 41 heavy (non-hydrogen) atoms. The number of nitrogens with one attached hydrogen (secondary N) is 1. The number of aromatic nitrogens is 1. The van der Waals surface area contributed by atoms with Crippen molar-refractivity contribution in [1.29, 1.82) is 0 Å². The Kier molecular flexibility index (Phi) is 4.67. The minimum atomic E-state index is 1.17. The summed E-state index contributed by atoms with van der Waals surface area (Å²) in [4.78, 5) is 3.73. The average Bonchev–Trinajstić information content (AvgIpc) is 3.38. The number of H-pyrrole nitrogens is 1. The van der Waals surface area contributed by atoms with Crippen LogP contribution in [0, 0.1) is 0 Å². The summed E-state index contributed by atoms with van der Waals surface area (Å²) in [6, 6.07) is 53.3. The van der Waals surface area contributed by atoms with Gasteiger partial charge in [-0.2, -0.15) is 0 Å². The molecule has 1 nitrogen and oxygen atoms in total. The number of aromatic amines is 1. The smallest absolute Gasteiger partial charge is 0.0471 e. The molecule has 8 aromatic carbocycles. The molecule has 0 aliphatic rings. The van der Waals surface area contributed by atoms with Crippen LogP contribution in [0.2, 0.25) is 0 Å². The quantitative estimate of drug-likeness (QED) is 0.219. The van der Waals surface area contributed by atoms with Crippen molar-refractivity contribution in [1.82, 2.24) is 4.98 Å². The Morgan fingerprint density at radius 3 is 1.39 bits per heavy atom. The summed E-state index contributed by atoms with van der Waals surface area (Å²) in [6.07, 6.45) is 0. The Bertz CT molecular complexity index is 2420. The van der Waals surface area contributed by atoms with E-state index in [-0.39, 0.29) is 0 Å². The maximum Gasteiger partial charge on any atom is 0.0471 e. The van der Waals surface area contributed by atoms with Crippen molar-refractivity contribution >= 4 is 64.9 Å². The fourth-order valence-electron chi connectivity index (χ4n) is 6.84. The number of hydrogen-bond acceptors (Lipinski definition) is 0. The number of hydrogen-bond donors (Lipinski definition) is 1. The van der Waals surface area contributed by atoms with Crippen LogP contribution >= 0.6 is 0 Å². The summed E-state index contributed by atoms with van der Waals surface area (Å²) >= 11 is 0. The molecule has 0 radical (unpaired) electrons. The van der Waals surface area contributed by atoms with Crippen molar-refractivity contribution in [3.8, 4) is 22.3 Å². The summed E-state index contributed by atoms with van der Waals surface area (Å²) in [5.74, 6) is 0. The van der Waals surface area contributed by atoms with E-state index < -0.39 is 0 Å². The van der Waals surface area contributed by atoms with Gasteiger partial charge in [0.2, 0.25) is 0 Å². The Morgan fingerprint density at radius 1 is 0.293 bits per heavy atom. The lowest BCUT2D eigenvalue weighted by Crippen LogP contribution is -1.91. The van der Waals surface area contributed by atoms with E-state index in [1.807, 2.05) is 0 Å². The van der Waals surface area contributed by atoms with E-state index in [1.165, 1.54) is 87.1 Å². The van der Waals surface area contributed by atoms with Crippen LogP contribution in [0.25, 0.3) is 87.1 Å². The largest absolute Gasteiger partial charge is 0.354 e. The molecule has 1 N–H and O–H groups in total. The maximum atomic E-state index is 3.73. The van der Waals surface area contributed by atoms with Gasteiger partial charge in [0.1, 0.15) is 0 Å². The van der Waals surface area contributed by atoms with Crippen molar-refractivity contribution in [3.05, 3.63) is 146 Å². The summed E-state index contributed by atoms with van der Waals surface area (Å²) < 4.78 is 0. The monoisotopic (exact) mass is 519 g/mol. The third-order valence-electron chi connectivity index (χ3n) is 8.72. The second kappa shape index (κ2) is 8.55. The zero-order valence-corrected chi connectivity index (χ0v) is 22.4. The summed E-state index contributed by atoms with van der Waals surface area (Å²) in [5, 5.41) is 12.7. The molecule has 190 valence electrons. The molecule has 0 saturated heterocycles. The molecule has 1 aromatic heterocycles. The van der Waals surface area contributed by atoms with Gasteiger partial charge in [-0.3, -0.25) is 0 Å². The highest BCUT2D eigenvalue weighted by atomic mass is 14.7. The maximum absolute atomic E-state index is 3.73. The van der Waals surface area contributed by atoms with Gasteiger partial charge in [0.25, 0.3) is 0 Å². The summed E-state index contributed by atoms with van der Waals surface area (Å²) in [6.45, 7) is 0. The Balaban J connectivity index is 1.34. The summed E-state index contributed by atoms with van der Waals surface area (Å²) in [5.41, 5.74) is 7.40. The molecular weight excluding hydrogens is 494 g/mol. The van der Waals surface area contributed by atoms with Crippen molar-refractivity contribution in [3.63, 3.8) is 0 Å². The van der Waals surface area contributed by atoms with Gasteiger partial charge >= 0.3 is 0 Å². The van der Waals surface area contributed by atoms with Crippen molar-refractivity contribution in [2.24, 2.45) is 0 Å². The minimum absolute atomic E-state index is 1.17. The predicted molar refractivity (Wildman–Crippen MR) is 177 cm³/mol. The molecule has 0 atom stereocenters. The fraction of sp³-hybridized carbons (Fsp3) is 0. The van der Waals surface area contributed by atoms with Gasteiger partial charge in [0.05, 0.1) is 0 Å². The molecule has 1 heteroatoms. The number of rotatable bonds is 2. The molecule has 0 unspecified atom stereocenters. The third kappa shape index (κ3) is 3.36. The van der Waals surface area contributed by atoms with Crippen molar-refractivity contribution in [2.45, 2.75) is 0 Å². The molecule has 0 aliphatic carbocycles. The zero-order chi connectivity index (χ0) is 26.9. The molecule has 0 bridgehead atoms. The summed E-state index contributed by atoms with van der Waals surface area (Å²) in [7, 11) is 0. The van der Waals surface area contributed by atoms with E-state index in [9.17, 15) is 0 Å². The van der Waals surface area contributed by atoms with Gasteiger partial charge in [-0.25, -0.2) is 0 Å². The molecule has 9 aromatic rings. The highest BCUT2D eigenvalue weighted by Gasteiger charge is 2.17. The highest BCUT2D eigenvalue weighted by Crippen LogP contribution is 2.44. The molecule has 0 saturated carbocycles. The van der Waals surface area contributed by atoms with Crippen LogP contribution in [0.1, 0.15) is 0 Å². The molecule has 1 heterocycles. The highest BCUT2D eigenvalue weighted by molar-refractivity contribution is 6.22. The lowest BCUT2D eigenvalue weighted by molar-refractivity contribution is 1.55. The molecular formula is C40H25N. The van der Waals surface area contributed by atoms with E-state index in [4.69, 9.17) is 0 Å². The van der Waals surface area contributed by atoms with Gasteiger partial charge < -0.3 is 4.98 Å². The lowest BCUT2D eigenvalue weighted by atomic mass is 9.85. The van der Waals surface area contributed by atoms with Crippen LogP contribution in [0.5, 0.6) is 0 Å². The van der Waals surface area contributed by atoms with Crippen molar-refractivity contribution in [2.75, 3.05) is 0 Å². The third-order valence-corrected chi connectivity index (χ3v) is 8.72. The normalized spacial score (nSPS) is 11.9. The van der Waals surface area contributed by atoms with Crippen LogP contribution in [-0.4, -0.2) is 4.98 Å².